The van der Waals surface area contributed by atoms with Gasteiger partial charge in [0.25, 0.3) is 0 Å². The second-order valence-corrected chi connectivity index (χ2v) is 13.8. The molecule has 6 atom stereocenters. The van der Waals surface area contributed by atoms with Crippen LogP contribution in [0.3, 0.4) is 0 Å². The number of carboxylic acid groups (broad SMARTS) is 1. The largest absolute Gasteiger partial charge is 0.465 e. The number of methoxy groups -OCH3 is 1. The third-order valence-corrected chi connectivity index (χ3v) is 10.3. The molecule has 6 N–H and O–H groups in total. The molecule has 2 aliphatic heterocycles. The van der Waals surface area contributed by atoms with Gasteiger partial charge in [0, 0.05) is 20.1 Å². The van der Waals surface area contributed by atoms with Gasteiger partial charge in [0.05, 0.1) is 55.2 Å². The van der Waals surface area contributed by atoms with Crippen molar-refractivity contribution in [1.29, 1.82) is 0 Å². The first kappa shape index (κ1) is 38.0. The lowest BCUT2D eigenvalue weighted by atomic mass is 10.0. The number of alkyl carbamates (subject to hydrolysis) is 1. The number of aromatic nitrogens is 4. The van der Waals surface area contributed by atoms with E-state index >= 15 is 0 Å². The van der Waals surface area contributed by atoms with Crippen molar-refractivity contribution in [1.82, 2.24) is 40.0 Å². The zero-order chi connectivity index (χ0) is 38.7. The molecule has 0 saturated carbocycles. The van der Waals surface area contributed by atoms with Crippen molar-refractivity contribution >= 4 is 24.0 Å². The van der Waals surface area contributed by atoms with E-state index in [4.69, 9.17) is 0 Å². The highest BCUT2D eigenvalue weighted by Gasteiger charge is 2.41. The molecular formula is C38H46N8O8. The standard InChI is InChI=1S/C38H46N8O8/c1-21(47)31(43-37(51)54-4)35(49)45-17-5-7-29(45)33-39-19-27(41-33)25-13-9-23(10-14-25)24-11-15-26(16-12-24)28-20-40-34(42-28)30-8-6-18-46(30)36(50)32(22(2)48)44(3)38(52)53/h9-16,19-22,29-32,47-48H,5-8,17-18H2,1-4H3,(H,39,41)(H,40,42)(H,43,51)(H,52,53)/t21-,22-,29?,30+,31+,32+/m1/s1. The summed E-state index contributed by atoms with van der Waals surface area (Å²) < 4.78 is 4.63. The molecule has 2 aromatic carbocycles. The predicted molar refractivity (Wildman–Crippen MR) is 197 cm³/mol. The van der Waals surface area contributed by atoms with Gasteiger partial charge in [0.15, 0.2) is 0 Å². The van der Waals surface area contributed by atoms with E-state index in [-0.39, 0.29) is 12.1 Å². The van der Waals surface area contributed by atoms with E-state index in [0.717, 1.165) is 51.4 Å². The number of aliphatic hydroxyl groups excluding tert-OH is 2. The molecule has 16 nitrogen and oxygen atoms in total. The Labute approximate surface area is 312 Å². The van der Waals surface area contributed by atoms with Crippen LogP contribution in [0.2, 0.25) is 0 Å². The Morgan fingerprint density at radius 2 is 1.22 bits per heavy atom. The maximum Gasteiger partial charge on any atom is 0.407 e. The first-order chi connectivity index (χ1) is 25.9. The number of carbonyl (C=O) groups is 4. The maximum absolute atomic E-state index is 13.4. The average molecular weight is 743 g/mol. The van der Waals surface area contributed by atoms with Crippen molar-refractivity contribution in [3.8, 4) is 33.6 Å². The van der Waals surface area contributed by atoms with Crippen molar-refractivity contribution in [2.45, 2.75) is 75.9 Å². The molecule has 6 rings (SSSR count). The summed E-state index contributed by atoms with van der Waals surface area (Å²) >= 11 is 0. The summed E-state index contributed by atoms with van der Waals surface area (Å²) in [5.41, 5.74) is 5.39. The van der Waals surface area contributed by atoms with Crippen LogP contribution in [-0.4, -0.2) is 125 Å². The smallest absolute Gasteiger partial charge is 0.407 e. The Morgan fingerprint density at radius 3 is 1.63 bits per heavy atom. The fourth-order valence-electron chi connectivity index (χ4n) is 7.36. The van der Waals surface area contributed by atoms with Crippen LogP contribution in [0.15, 0.2) is 60.9 Å². The van der Waals surface area contributed by atoms with Gasteiger partial charge in [-0.3, -0.25) is 14.5 Å². The molecule has 2 saturated heterocycles. The Kier molecular flexibility index (Phi) is 11.3. The van der Waals surface area contributed by atoms with Gasteiger partial charge in [0.1, 0.15) is 23.7 Å². The van der Waals surface area contributed by atoms with Crippen LogP contribution in [0.4, 0.5) is 9.59 Å². The summed E-state index contributed by atoms with van der Waals surface area (Å²) in [5, 5.41) is 32.3. The van der Waals surface area contributed by atoms with Crippen LogP contribution < -0.4 is 5.32 Å². The fraction of sp³-hybridized carbons (Fsp3) is 0.421. The summed E-state index contributed by atoms with van der Waals surface area (Å²) in [6.07, 6.45) is 1.92. The van der Waals surface area contributed by atoms with Gasteiger partial charge in [-0.2, -0.15) is 0 Å². The van der Waals surface area contributed by atoms with E-state index in [2.05, 4.69) is 30.0 Å². The van der Waals surface area contributed by atoms with Crippen LogP contribution >= 0.6 is 0 Å². The van der Waals surface area contributed by atoms with Crippen LogP contribution in [0.1, 0.15) is 63.3 Å². The number of hydrogen-bond donors (Lipinski definition) is 6. The van der Waals surface area contributed by atoms with Crippen LogP contribution in [0, 0.1) is 0 Å². The first-order valence-electron chi connectivity index (χ1n) is 18.0. The molecule has 0 bridgehead atoms. The van der Waals surface area contributed by atoms with Gasteiger partial charge < -0.3 is 45.1 Å². The van der Waals surface area contributed by atoms with E-state index in [1.807, 2.05) is 48.5 Å². The predicted octanol–water partition coefficient (Wildman–Crippen LogP) is 3.93. The highest BCUT2D eigenvalue weighted by atomic mass is 16.5. The SMILES string of the molecule is COC(=O)N[C@H](C(=O)N1CCCC1c1ncc(-c2ccc(-c3ccc(-c4cnc([C@@H]5CCCN5C(=O)[C@H]([C@@H](C)O)N(C)C(=O)O)[nH]4)cc3)cc2)[nH]1)[C@@H](C)O. The van der Waals surface area contributed by atoms with E-state index in [1.54, 1.807) is 22.2 Å². The van der Waals surface area contributed by atoms with Crippen LogP contribution in [-0.2, 0) is 14.3 Å². The summed E-state index contributed by atoms with van der Waals surface area (Å²) in [6.45, 7) is 3.77. The van der Waals surface area contributed by atoms with E-state index in [1.165, 1.54) is 28.0 Å². The summed E-state index contributed by atoms with van der Waals surface area (Å²) in [5.74, 6) is 0.374. The molecule has 4 amide bonds. The second-order valence-electron chi connectivity index (χ2n) is 13.8. The molecule has 2 fully saturated rings. The van der Waals surface area contributed by atoms with E-state index in [0.29, 0.717) is 37.6 Å². The highest BCUT2D eigenvalue weighted by molar-refractivity contribution is 5.87. The number of H-pyrrole nitrogens is 2. The minimum absolute atomic E-state index is 0.330. The Balaban J connectivity index is 1.11. The highest BCUT2D eigenvalue weighted by Crippen LogP contribution is 2.35. The number of benzene rings is 2. The van der Waals surface area contributed by atoms with Crippen molar-refractivity contribution in [2.75, 3.05) is 27.2 Å². The van der Waals surface area contributed by atoms with Crippen molar-refractivity contribution in [3.63, 3.8) is 0 Å². The van der Waals surface area contributed by atoms with Crippen molar-refractivity contribution in [3.05, 3.63) is 72.6 Å². The summed E-state index contributed by atoms with van der Waals surface area (Å²) in [6, 6.07) is 13.0. The Hall–Kier alpha value is -5.74. The molecule has 2 aliphatic rings. The van der Waals surface area contributed by atoms with E-state index in [9.17, 15) is 34.5 Å². The number of rotatable bonds is 11. The van der Waals surface area contributed by atoms with Gasteiger partial charge >= 0.3 is 12.2 Å². The number of nitrogens with zero attached hydrogens (tertiary/aromatic N) is 5. The number of aliphatic hydroxyl groups is 2. The minimum Gasteiger partial charge on any atom is -0.465 e. The van der Waals surface area contributed by atoms with Gasteiger partial charge in [-0.1, -0.05) is 48.5 Å². The fourth-order valence-corrected chi connectivity index (χ4v) is 7.36. The molecule has 0 radical (unpaired) electrons. The third kappa shape index (κ3) is 7.79. The van der Waals surface area contributed by atoms with Gasteiger partial charge in [-0.05, 0) is 61.8 Å². The monoisotopic (exact) mass is 742 g/mol. The number of imidazole rings is 2. The zero-order valence-electron chi connectivity index (χ0n) is 30.6. The number of hydrogen-bond acceptors (Lipinski definition) is 9. The number of carbonyl (C=O) groups excluding carboxylic acids is 3. The maximum atomic E-state index is 13.4. The number of likely N-dealkylation sites (tertiary alicyclic amines) is 2. The second kappa shape index (κ2) is 16.1. The summed E-state index contributed by atoms with van der Waals surface area (Å²) in [7, 11) is 2.48. The lowest BCUT2D eigenvalue weighted by Gasteiger charge is -2.33. The van der Waals surface area contributed by atoms with E-state index < -0.39 is 48.3 Å². The molecule has 54 heavy (non-hydrogen) atoms. The van der Waals surface area contributed by atoms with Gasteiger partial charge in [0.2, 0.25) is 11.8 Å². The van der Waals surface area contributed by atoms with Crippen LogP contribution in [0.25, 0.3) is 33.6 Å². The molecule has 4 heterocycles. The molecule has 2 aromatic heterocycles. The third-order valence-electron chi connectivity index (χ3n) is 10.3. The van der Waals surface area contributed by atoms with Gasteiger partial charge in [-0.15, -0.1) is 0 Å². The molecular weight excluding hydrogens is 696 g/mol. The quantitative estimate of drug-likeness (QED) is 0.130. The number of aromatic amines is 2. The molecule has 4 aromatic rings. The molecule has 0 aliphatic carbocycles. The topological polar surface area (TPSA) is 217 Å². The molecule has 16 heteroatoms. The Bertz CT molecular complexity index is 1960. The number of amides is 4. The summed E-state index contributed by atoms with van der Waals surface area (Å²) in [4.78, 5) is 70.1. The lowest BCUT2D eigenvalue weighted by Crippen LogP contribution is -2.53. The normalized spacial score (nSPS) is 19.2. The van der Waals surface area contributed by atoms with Crippen LogP contribution in [0.5, 0.6) is 0 Å². The lowest BCUT2D eigenvalue weighted by molar-refractivity contribution is -0.140. The van der Waals surface area contributed by atoms with Crippen molar-refractivity contribution in [2.24, 2.45) is 0 Å². The molecule has 286 valence electrons. The first-order valence-corrected chi connectivity index (χ1v) is 18.0. The minimum atomic E-state index is -1.29. The average Bonchev–Trinajstić information content (AvgIpc) is 4.00. The zero-order valence-corrected chi connectivity index (χ0v) is 30.6. The Morgan fingerprint density at radius 1 is 0.778 bits per heavy atom. The van der Waals surface area contributed by atoms with Gasteiger partial charge in [-0.25, -0.2) is 19.6 Å². The number of nitrogens with one attached hydrogen (secondary N) is 3. The number of likely N-dealkylation sites (N-methyl/N-ethyl adjacent to an activating group) is 1. The van der Waals surface area contributed by atoms with Crippen molar-refractivity contribution < 1.29 is 39.2 Å². The molecule has 1 unspecified atom stereocenters. The molecule has 0 spiro atoms. The number of ether oxygens (including phenoxy) is 1.